The zero-order valence-corrected chi connectivity index (χ0v) is 7.37. The van der Waals surface area contributed by atoms with Crippen LogP contribution >= 0.6 is 0 Å². The lowest BCUT2D eigenvalue weighted by molar-refractivity contribution is 0.848. The second-order valence-corrected chi connectivity index (χ2v) is 2.45. The Morgan fingerprint density at radius 2 is 1.00 bits per heavy atom. The monoisotopic (exact) mass is 216 g/mol. The first kappa shape index (κ1) is 8.39. The van der Waals surface area contributed by atoms with E-state index >= 15 is 0 Å². The fourth-order valence-corrected chi connectivity index (χ4v) is 0.877. The summed E-state index contributed by atoms with van der Waals surface area (Å²) in [7, 11) is 0. The number of aromatic nitrogens is 12. The highest BCUT2D eigenvalue weighted by molar-refractivity contribution is 5.42. The molecule has 3 aromatic heterocycles. The zero-order chi connectivity index (χ0) is 10.8. The molecule has 0 fully saturated rings. The van der Waals surface area contributed by atoms with E-state index in [1.807, 2.05) is 0 Å². The van der Waals surface area contributed by atoms with Gasteiger partial charge in [0.25, 0.3) is 0 Å². The Balaban J connectivity index is 1.97. The Morgan fingerprint density at radius 3 is 1.31 bits per heavy atom. The van der Waals surface area contributed by atoms with Crippen LogP contribution in [-0.2, 0) is 0 Å². The molecule has 16 heavy (non-hydrogen) atoms. The molecule has 0 aliphatic rings. The molecule has 0 aliphatic carbocycles. The highest BCUT2D eigenvalue weighted by Crippen LogP contribution is 2.05. The smallest absolute Gasteiger partial charge is 0.210 e. The third kappa shape index (κ3) is 1.33. The van der Waals surface area contributed by atoms with Crippen LogP contribution in [0.2, 0.25) is 0 Å². The second-order valence-electron chi connectivity index (χ2n) is 2.45. The molecule has 0 spiro atoms. The van der Waals surface area contributed by atoms with Crippen LogP contribution in [0, 0.1) is 0 Å². The summed E-state index contributed by atoms with van der Waals surface area (Å²) in [4.78, 5) is 0. The predicted octanol–water partition coefficient (Wildman–Crippen LogP) is -3.12. The molecule has 0 atom stereocenters. The van der Waals surface area contributed by atoms with Gasteiger partial charge in [0.2, 0.25) is 11.6 Å². The molecule has 0 amide bonds. The summed E-state index contributed by atoms with van der Waals surface area (Å²) in [6.07, 6.45) is 0. The Labute approximate surface area is 85.9 Å². The average molecular weight is 216 g/mol. The van der Waals surface area contributed by atoms with Crippen molar-refractivity contribution in [2.24, 2.45) is 0 Å². The van der Waals surface area contributed by atoms with Crippen molar-refractivity contribution in [3.8, 4) is 23.3 Å². The van der Waals surface area contributed by atoms with E-state index in [0.717, 1.165) is 0 Å². The fraction of sp³-hybridized carbons (Fsp3) is 0. The predicted molar refractivity (Wildman–Crippen MR) is 41.9 cm³/mol. The van der Waals surface area contributed by atoms with Crippen LogP contribution in [0.1, 0.15) is 0 Å². The molecule has 3 rings (SSSR count). The first-order chi connectivity index (χ1) is 7.93. The third-order valence-electron chi connectivity index (χ3n) is 1.52. The molecule has 12 heteroatoms. The molecule has 0 unspecified atom stereocenters. The van der Waals surface area contributed by atoms with E-state index in [1.165, 1.54) is 0 Å². The quantitative estimate of drug-likeness (QED) is 0.424. The van der Waals surface area contributed by atoms with Crippen LogP contribution in [-0.4, -0.2) is 51.4 Å². The van der Waals surface area contributed by atoms with Gasteiger partial charge in [-0.2, -0.15) is 10.4 Å². The Morgan fingerprint density at radius 1 is 0.562 bits per heavy atom. The normalized spacial score (nSPS) is 10.5. The minimum atomic E-state index is 0.112. The number of rotatable bonds is 2. The van der Waals surface area contributed by atoms with Crippen molar-refractivity contribution in [2.45, 2.75) is 0 Å². The van der Waals surface area contributed by atoms with Crippen LogP contribution < -0.4 is 10.2 Å². The van der Waals surface area contributed by atoms with Gasteiger partial charge in [-0.05, 0) is 0 Å². The SMILES string of the molecule is n1n[n-]c(-c2nnc(-c3nnn[n-]3)nn2)n1. The fourth-order valence-electron chi connectivity index (χ4n) is 0.877. The summed E-state index contributed by atoms with van der Waals surface area (Å²) in [6, 6.07) is 0. The van der Waals surface area contributed by atoms with Gasteiger partial charge in [-0.3, -0.25) is 20.6 Å². The molecule has 0 saturated carbocycles. The van der Waals surface area contributed by atoms with Crippen LogP contribution in [0.4, 0.5) is 0 Å². The summed E-state index contributed by atoms with van der Waals surface area (Å²) in [5.74, 6) is 0.514. The van der Waals surface area contributed by atoms with Gasteiger partial charge in [0, 0.05) is 0 Å². The van der Waals surface area contributed by atoms with Gasteiger partial charge in [0.15, 0.2) is 0 Å². The molecule has 78 valence electrons. The lowest BCUT2D eigenvalue weighted by atomic mass is 10.6. The third-order valence-corrected chi connectivity index (χ3v) is 1.52. The molecule has 0 saturated heterocycles. The lowest BCUT2D eigenvalue weighted by Crippen LogP contribution is -2.02. The Bertz CT molecular complexity index is 496. The van der Waals surface area contributed by atoms with Crippen molar-refractivity contribution >= 4 is 0 Å². The summed E-state index contributed by atoms with van der Waals surface area (Å²) >= 11 is 0. The number of nitrogens with zero attached hydrogens (tertiary/aromatic N) is 12. The maximum atomic E-state index is 3.71. The lowest BCUT2D eigenvalue weighted by Gasteiger charge is -1.97. The first-order valence-corrected chi connectivity index (χ1v) is 3.89. The molecule has 12 nitrogen and oxygen atoms in total. The molecule has 0 radical (unpaired) electrons. The van der Waals surface area contributed by atoms with Gasteiger partial charge in [0.05, 0.1) is 11.6 Å². The number of hydrogen-bond acceptors (Lipinski definition) is 10. The molecule has 0 aromatic carbocycles. The Hall–Kier alpha value is -2.92. The van der Waals surface area contributed by atoms with E-state index in [-0.39, 0.29) is 23.3 Å². The minimum Gasteiger partial charge on any atom is -0.327 e. The summed E-state index contributed by atoms with van der Waals surface area (Å²) in [6.45, 7) is 0. The van der Waals surface area contributed by atoms with Gasteiger partial charge >= 0.3 is 0 Å². The van der Waals surface area contributed by atoms with Crippen molar-refractivity contribution in [1.82, 2.24) is 61.6 Å². The topological polar surface area (TPSA) is 157 Å². The van der Waals surface area contributed by atoms with Gasteiger partial charge in [-0.1, -0.05) is 0 Å². The first-order valence-electron chi connectivity index (χ1n) is 3.89. The molecule has 0 bridgehead atoms. The van der Waals surface area contributed by atoms with Crippen molar-refractivity contribution < 1.29 is 0 Å². The van der Waals surface area contributed by atoms with Gasteiger partial charge in [0.1, 0.15) is 0 Å². The molecular formula is C4N12-2. The second kappa shape index (κ2) is 3.34. The Kier molecular flexibility index (Phi) is 1.75. The van der Waals surface area contributed by atoms with Crippen LogP contribution in [0.5, 0.6) is 0 Å². The van der Waals surface area contributed by atoms with Crippen molar-refractivity contribution in [1.29, 1.82) is 0 Å². The summed E-state index contributed by atoms with van der Waals surface area (Å²) < 4.78 is 0. The minimum absolute atomic E-state index is 0.112. The molecule has 0 N–H and O–H groups in total. The molecule has 3 heterocycles. The summed E-state index contributed by atoms with van der Waals surface area (Å²) in [5, 5.41) is 42.2. The van der Waals surface area contributed by atoms with E-state index in [9.17, 15) is 0 Å². The van der Waals surface area contributed by atoms with E-state index in [1.54, 1.807) is 0 Å². The molecule has 3 aromatic rings. The van der Waals surface area contributed by atoms with Gasteiger partial charge in [-0.15, -0.1) is 20.4 Å². The van der Waals surface area contributed by atoms with Crippen LogP contribution in [0.15, 0.2) is 0 Å². The maximum Gasteiger partial charge on any atom is 0.210 e. The highest BCUT2D eigenvalue weighted by atomic mass is 15.5. The van der Waals surface area contributed by atoms with Crippen LogP contribution in [0.3, 0.4) is 0 Å². The van der Waals surface area contributed by atoms with E-state index < -0.39 is 0 Å². The zero-order valence-electron chi connectivity index (χ0n) is 7.37. The van der Waals surface area contributed by atoms with Crippen LogP contribution in [0.25, 0.3) is 23.3 Å². The standard InChI is InChI=1S/C4N12/c5-1(3-9-13-14-10-3)6-8-2(7-5)4-11-15-16-12-4/q-2. The van der Waals surface area contributed by atoms with Crippen molar-refractivity contribution in [3.63, 3.8) is 0 Å². The van der Waals surface area contributed by atoms with Gasteiger partial charge < -0.3 is 10.2 Å². The number of hydrogen-bond donors (Lipinski definition) is 0. The van der Waals surface area contributed by atoms with E-state index in [4.69, 9.17) is 0 Å². The molecular weight excluding hydrogens is 216 g/mol. The molecule has 0 aliphatic heterocycles. The van der Waals surface area contributed by atoms with E-state index in [2.05, 4.69) is 61.6 Å². The maximum absolute atomic E-state index is 3.71. The van der Waals surface area contributed by atoms with E-state index in [0.29, 0.717) is 0 Å². The number of tetrazole rings is 2. The van der Waals surface area contributed by atoms with Crippen molar-refractivity contribution in [2.75, 3.05) is 0 Å². The van der Waals surface area contributed by atoms with Crippen molar-refractivity contribution in [3.05, 3.63) is 0 Å². The highest BCUT2D eigenvalue weighted by Gasteiger charge is 2.03. The van der Waals surface area contributed by atoms with Gasteiger partial charge in [-0.25, -0.2) is 0 Å². The average Bonchev–Trinajstić information content (AvgIpc) is 3.03. The summed E-state index contributed by atoms with van der Waals surface area (Å²) in [5.41, 5.74) is 0. The largest absolute Gasteiger partial charge is 0.327 e.